The Morgan fingerprint density at radius 3 is 2.62 bits per heavy atom. The van der Waals surface area contributed by atoms with Gasteiger partial charge in [0.2, 0.25) is 0 Å². The van der Waals surface area contributed by atoms with Gasteiger partial charge in [0.05, 0.1) is 13.3 Å². The van der Waals surface area contributed by atoms with E-state index in [-0.39, 0.29) is 12.1 Å². The van der Waals surface area contributed by atoms with Gasteiger partial charge < -0.3 is 19.7 Å². The van der Waals surface area contributed by atoms with E-state index >= 15 is 0 Å². The topological polar surface area (TPSA) is 63.7 Å². The summed E-state index contributed by atoms with van der Waals surface area (Å²) >= 11 is 0. The molecule has 0 bridgehead atoms. The van der Waals surface area contributed by atoms with Gasteiger partial charge in [-0.3, -0.25) is 4.98 Å². The lowest BCUT2D eigenvalue weighted by Gasteiger charge is -2.32. The van der Waals surface area contributed by atoms with Crippen molar-refractivity contribution in [2.45, 2.75) is 25.4 Å². The third-order valence-electron chi connectivity index (χ3n) is 4.52. The van der Waals surface area contributed by atoms with Crippen molar-refractivity contribution < 1.29 is 14.3 Å². The van der Waals surface area contributed by atoms with Crippen molar-refractivity contribution in [3.63, 3.8) is 0 Å². The summed E-state index contributed by atoms with van der Waals surface area (Å²) in [5.41, 5.74) is 1.18. The Balaban J connectivity index is 1.36. The van der Waals surface area contributed by atoms with Gasteiger partial charge in [-0.05, 0) is 36.2 Å². The monoisotopic (exact) mass is 355 g/mol. The molecule has 0 saturated carbocycles. The molecule has 26 heavy (non-hydrogen) atoms. The molecule has 0 spiro atoms. The molecule has 1 saturated heterocycles. The summed E-state index contributed by atoms with van der Waals surface area (Å²) in [6, 6.07) is 11.7. The van der Waals surface area contributed by atoms with Crippen LogP contribution in [0.4, 0.5) is 4.79 Å². The highest BCUT2D eigenvalue weighted by Crippen LogP contribution is 2.18. The van der Waals surface area contributed by atoms with E-state index in [4.69, 9.17) is 9.47 Å². The van der Waals surface area contributed by atoms with Crippen LogP contribution >= 0.6 is 0 Å². The number of methoxy groups -OCH3 is 1. The zero-order valence-corrected chi connectivity index (χ0v) is 15.1. The van der Waals surface area contributed by atoms with Gasteiger partial charge in [-0.25, -0.2) is 4.79 Å². The summed E-state index contributed by atoms with van der Waals surface area (Å²) in [5, 5.41) is 3.00. The summed E-state index contributed by atoms with van der Waals surface area (Å²) in [7, 11) is 1.65. The fourth-order valence-corrected chi connectivity index (χ4v) is 3.00. The smallest absolute Gasteiger partial charge is 0.317 e. The van der Waals surface area contributed by atoms with Crippen molar-refractivity contribution in [2.24, 2.45) is 0 Å². The van der Waals surface area contributed by atoms with Crippen LogP contribution in [-0.4, -0.2) is 48.8 Å². The zero-order valence-electron chi connectivity index (χ0n) is 15.1. The number of likely N-dealkylation sites (tertiary alicyclic amines) is 1. The molecule has 1 aliphatic heterocycles. The maximum absolute atomic E-state index is 12.3. The maximum Gasteiger partial charge on any atom is 0.317 e. The summed E-state index contributed by atoms with van der Waals surface area (Å²) < 4.78 is 11.1. The first-order valence-electron chi connectivity index (χ1n) is 8.97. The summed E-state index contributed by atoms with van der Waals surface area (Å²) in [5.74, 6) is 1.63. The highest BCUT2D eigenvalue weighted by atomic mass is 16.5. The molecular weight excluding hydrogens is 330 g/mol. The standard InChI is InChI=1S/C20H25N3O3/c1-25-17-6-4-16(5-7-17)8-12-22-20(24)23-13-9-18(10-14-23)26-19-3-2-11-21-15-19/h2-7,11,15,18H,8-10,12-14H2,1H3,(H,22,24). The number of hydrogen-bond acceptors (Lipinski definition) is 4. The van der Waals surface area contributed by atoms with Crippen molar-refractivity contribution in [1.29, 1.82) is 0 Å². The van der Waals surface area contributed by atoms with Gasteiger partial charge in [0.15, 0.2) is 0 Å². The van der Waals surface area contributed by atoms with Crippen LogP contribution in [0.2, 0.25) is 0 Å². The summed E-state index contributed by atoms with van der Waals surface area (Å²) in [6.45, 7) is 2.04. The summed E-state index contributed by atoms with van der Waals surface area (Å²) in [6.07, 6.45) is 6.06. The van der Waals surface area contributed by atoms with E-state index in [2.05, 4.69) is 10.3 Å². The van der Waals surface area contributed by atoms with E-state index in [0.29, 0.717) is 19.6 Å². The fourth-order valence-electron chi connectivity index (χ4n) is 3.00. The minimum Gasteiger partial charge on any atom is -0.497 e. The number of pyridine rings is 1. The number of aromatic nitrogens is 1. The average molecular weight is 355 g/mol. The Morgan fingerprint density at radius 1 is 1.19 bits per heavy atom. The normalized spacial score (nSPS) is 14.7. The number of ether oxygens (including phenoxy) is 2. The van der Waals surface area contributed by atoms with Crippen LogP contribution in [-0.2, 0) is 6.42 Å². The maximum atomic E-state index is 12.3. The molecule has 2 aromatic rings. The van der Waals surface area contributed by atoms with Gasteiger partial charge in [0, 0.05) is 38.7 Å². The molecule has 0 atom stereocenters. The van der Waals surface area contributed by atoms with Crippen LogP contribution in [0.25, 0.3) is 0 Å². The van der Waals surface area contributed by atoms with Crippen LogP contribution in [0, 0.1) is 0 Å². The van der Waals surface area contributed by atoms with E-state index in [9.17, 15) is 4.79 Å². The molecule has 6 heteroatoms. The first-order valence-corrected chi connectivity index (χ1v) is 8.97. The van der Waals surface area contributed by atoms with Crippen molar-refractivity contribution >= 4 is 6.03 Å². The highest BCUT2D eigenvalue weighted by molar-refractivity contribution is 5.74. The quantitative estimate of drug-likeness (QED) is 0.865. The van der Waals surface area contributed by atoms with E-state index in [1.54, 1.807) is 19.5 Å². The SMILES string of the molecule is COc1ccc(CCNC(=O)N2CCC(Oc3cccnc3)CC2)cc1. The Bertz CT molecular complexity index is 683. The molecule has 1 fully saturated rings. The number of benzene rings is 1. The van der Waals surface area contributed by atoms with E-state index in [1.165, 1.54) is 5.56 Å². The number of amides is 2. The van der Waals surface area contributed by atoms with E-state index in [1.807, 2.05) is 41.3 Å². The lowest BCUT2D eigenvalue weighted by Crippen LogP contribution is -2.46. The van der Waals surface area contributed by atoms with Crippen LogP contribution < -0.4 is 14.8 Å². The lowest BCUT2D eigenvalue weighted by atomic mass is 10.1. The fraction of sp³-hybridized carbons (Fsp3) is 0.400. The second-order valence-electron chi connectivity index (χ2n) is 6.32. The van der Waals surface area contributed by atoms with Gasteiger partial charge in [-0.2, -0.15) is 0 Å². The van der Waals surface area contributed by atoms with E-state index < -0.39 is 0 Å². The Kier molecular flexibility index (Phi) is 6.30. The number of nitrogens with one attached hydrogen (secondary N) is 1. The van der Waals surface area contributed by atoms with Crippen molar-refractivity contribution in [3.05, 3.63) is 54.4 Å². The highest BCUT2D eigenvalue weighted by Gasteiger charge is 2.23. The molecule has 0 unspecified atom stereocenters. The number of hydrogen-bond donors (Lipinski definition) is 1. The van der Waals surface area contributed by atoms with Gasteiger partial charge in [-0.1, -0.05) is 12.1 Å². The Morgan fingerprint density at radius 2 is 1.96 bits per heavy atom. The molecule has 0 aliphatic carbocycles. The first kappa shape index (κ1) is 18.0. The predicted octanol–water partition coefficient (Wildman–Crippen LogP) is 2.89. The third kappa shape index (κ3) is 5.12. The van der Waals surface area contributed by atoms with Crippen LogP contribution in [0.3, 0.4) is 0 Å². The predicted molar refractivity (Wildman–Crippen MR) is 99.6 cm³/mol. The van der Waals surface area contributed by atoms with Gasteiger partial charge >= 0.3 is 6.03 Å². The second-order valence-corrected chi connectivity index (χ2v) is 6.32. The first-order chi connectivity index (χ1) is 12.7. The van der Waals surface area contributed by atoms with Gasteiger partial charge in [0.25, 0.3) is 0 Å². The number of urea groups is 1. The molecular formula is C20H25N3O3. The number of rotatable bonds is 6. The van der Waals surface area contributed by atoms with Crippen LogP contribution in [0.5, 0.6) is 11.5 Å². The molecule has 1 aromatic heterocycles. The minimum atomic E-state index is -0.00154. The largest absolute Gasteiger partial charge is 0.497 e. The number of carbonyl (C=O) groups is 1. The molecule has 1 aromatic carbocycles. The molecule has 2 amide bonds. The molecule has 2 heterocycles. The summed E-state index contributed by atoms with van der Waals surface area (Å²) in [4.78, 5) is 18.2. The molecule has 1 aliphatic rings. The zero-order chi connectivity index (χ0) is 18.2. The van der Waals surface area contributed by atoms with E-state index in [0.717, 1.165) is 30.8 Å². The lowest BCUT2D eigenvalue weighted by molar-refractivity contribution is 0.111. The number of piperidine rings is 1. The van der Waals surface area contributed by atoms with Crippen molar-refractivity contribution in [1.82, 2.24) is 15.2 Å². The van der Waals surface area contributed by atoms with Crippen LogP contribution in [0.15, 0.2) is 48.8 Å². The average Bonchev–Trinajstić information content (AvgIpc) is 2.70. The number of carbonyl (C=O) groups excluding carboxylic acids is 1. The third-order valence-corrected chi connectivity index (χ3v) is 4.52. The Labute approximate surface area is 154 Å². The minimum absolute atomic E-state index is 0.00154. The van der Waals surface area contributed by atoms with Crippen molar-refractivity contribution in [2.75, 3.05) is 26.7 Å². The number of nitrogens with zero attached hydrogens (tertiary/aromatic N) is 2. The second kappa shape index (κ2) is 9.08. The Hall–Kier alpha value is -2.76. The molecule has 138 valence electrons. The molecule has 3 rings (SSSR count). The van der Waals surface area contributed by atoms with Crippen molar-refractivity contribution in [3.8, 4) is 11.5 Å². The van der Waals surface area contributed by atoms with Gasteiger partial charge in [-0.15, -0.1) is 0 Å². The van der Waals surface area contributed by atoms with Crippen LogP contribution in [0.1, 0.15) is 18.4 Å². The molecule has 1 N–H and O–H groups in total. The molecule has 6 nitrogen and oxygen atoms in total. The van der Waals surface area contributed by atoms with Gasteiger partial charge in [0.1, 0.15) is 17.6 Å². The molecule has 0 radical (unpaired) electrons.